The zero-order valence-corrected chi connectivity index (χ0v) is 20.7. The third-order valence-corrected chi connectivity index (χ3v) is 6.49. The SMILES string of the molecule is CCCC(NC(=O)OCC1c2ccccc2-c2ccccc21)C(=O)Nc1cc(Br)ccc1C(=O)O. The quantitative estimate of drug-likeness (QED) is 0.337. The Balaban J connectivity index is 1.43. The Labute approximate surface area is 211 Å². The zero-order chi connectivity index (χ0) is 24.9. The van der Waals surface area contributed by atoms with E-state index in [-0.39, 0.29) is 23.8 Å². The van der Waals surface area contributed by atoms with E-state index in [0.29, 0.717) is 17.3 Å². The van der Waals surface area contributed by atoms with Gasteiger partial charge in [-0.2, -0.15) is 0 Å². The molecule has 0 saturated heterocycles. The van der Waals surface area contributed by atoms with Gasteiger partial charge in [0.1, 0.15) is 12.6 Å². The zero-order valence-electron chi connectivity index (χ0n) is 19.1. The summed E-state index contributed by atoms with van der Waals surface area (Å²) in [6.45, 7) is 2.02. The molecule has 3 aromatic carbocycles. The van der Waals surface area contributed by atoms with Gasteiger partial charge >= 0.3 is 12.1 Å². The number of benzene rings is 3. The normalized spacial score (nSPS) is 12.9. The van der Waals surface area contributed by atoms with E-state index >= 15 is 0 Å². The Bertz CT molecular complexity index is 1230. The standard InChI is InChI=1S/C27H25BrN2O5/c1-2-7-23(25(31)29-24-14-16(28)12-13-21(24)26(32)33)30-27(34)35-15-22-19-10-5-3-8-17(19)18-9-4-6-11-20(18)22/h3-6,8-14,22-23H,2,7,15H2,1H3,(H,29,31)(H,30,34)(H,32,33). The van der Waals surface area contributed by atoms with E-state index in [0.717, 1.165) is 22.3 Å². The maximum atomic E-state index is 12.9. The van der Waals surface area contributed by atoms with Crippen LogP contribution in [0.5, 0.6) is 0 Å². The molecule has 0 radical (unpaired) electrons. The molecule has 0 bridgehead atoms. The van der Waals surface area contributed by atoms with E-state index in [1.54, 1.807) is 6.07 Å². The highest BCUT2D eigenvalue weighted by molar-refractivity contribution is 9.10. The smallest absolute Gasteiger partial charge is 0.407 e. The highest BCUT2D eigenvalue weighted by Crippen LogP contribution is 2.44. The summed E-state index contributed by atoms with van der Waals surface area (Å²) < 4.78 is 6.19. The van der Waals surface area contributed by atoms with Crippen molar-refractivity contribution >= 4 is 39.6 Å². The van der Waals surface area contributed by atoms with Gasteiger partial charge in [0.15, 0.2) is 0 Å². The van der Waals surface area contributed by atoms with E-state index in [9.17, 15) is 19.5 Å². The van der Waals surface area contributed by atoms with Crippen LogP contribution in [0.15, 0.2) is 71.2 Å². The van der Waals surface area contributed by atoms with E-state index in [1.807, 2.05) is 43.3 Å². The summed E-state index contributed by atoms with van der Waals surface area (Å²) in [6.07, 6.45) is 0.298. The minimum Gasteiger partial charge on any atom is -0.478 e. The van der Waals surface area contributed by atoms with Crippen molar-refractivity contribution in [1.82, 2.24) is 5.32 Å². The Morgan fingerprint density at radius 2 is 1.63 bits per heavy atom. The Kier molecular flexibility index (Phi) is 7.51. The predicted molar refractivity (Wildman–Crippen MR) is 137 cm³/mol. The number of nitrogens with one attached hydrogen (secondary N) is 2. The number of halogens is 1. The number of amides is 2. The maximum absolute atomic E-state index is 12.9. The lowest BCUT2D eigenvalue weighted by molar-refractivity contribution is -0.118. The van der Waals surface area contributed by atoms with Gasteiger partial charge in [0.25, 0.3) is 0 Å². The lowest BCUT2D eigenvalue weighted by Gasteiger charge is -2.20. The first-order chi connectivity index (χ1) is 16.9. The summed E-state index contributed by atoms with van der Waals surface area (Å²) >= 11 is 3.29. The highest BCUT2D eigenvalue weighted by Gasteiger charge is 2.30. The van der Waals surface area contributed by atoms with Gasteiger partial charge in [0.05, 0.1) is 11.3 Å². The van der Waals surface area contributed by atoms with Gasteiger partial charge in [-0.1, -0.05) is 77.8 Å². The summed E-state index contributed by atoms with van der Waals surface area (Å²) in [4.78, 5) is 37.1. The molecule has 1 unspecified atom stereocenters. The second-order valence-electron chi connectivity index (χ2n) is 8.30. The summed E-state index contributed by atoms with van der Waals surface area (Å²) in [5, 5.41) is 14.7. The topological polar surface area (TPSA) is 105 Å². The Hall–Kier alpha value is -3.65. The molecule has 0 saturated carbocycles. The van der Waals surface area contributed by atoms with Crippen LogP contribution in [0.1, 0.15) is 47.2 Å². The van der Waals surface area contributed by atoms with Crippen LogP contribution in [-0.4, -0.2) is 35.7 Å². The molecule has 180 valence electrons. The van der Waals surface area contributed by atoms with Crippen molar-refractivity contribution in [1.29, 1.82) is 0 Å². The summed E-state index contributed by atoms with van der Waals surface area (Å²) in [5.74, 6) is -1.77. The van der Waals surface area contributed by atoms with Crippen LogP contribution in [0, 0.1) is 0 Å². The summed E-state index contributed by atoms with van der Waals surface area (Å²) in [5.41, 5.74) is 4.55. The molecule has 8 heteroatoms. The first-order valence-corrected chi connectivity index (χ1v) is 12.1. The molecule has 0 fully saturated rings. The molecule has 1 atom stereocenters. The molecule has 3 N–H and O–H groups in total. The molecular weight excluding hydrogens is 512 g/mol. The number of rotatable bonds is 8. The van der Waals surface area contributed by atoms with Gasteiger partial charge in [-0.05, 0) is 46.9 Å². The molecule has 0 spiro atoms. The molecule has 7 nitrogen and oxygen atoms in total. The molecule has 1 aliphatic carbocycles. The van der Waals surface area contributed by atoms with E-state index in [2.05, 4.69) is 38.7 Å². The highest BCUT2D eigenvalue weighted by atomic mass is 79.9. The molecule has 2 amide bonds. The van der Waals surface area contributed by atoms with Gasteiger partial charge in [-0.25, -0.2) is 9.59 Å². The molecule has 4 rings (SSSR count). The van der Waals surface area contributed by atoms with Crippen molar-refractivity contribution in [2.45, 2.75) is 31.7 Å². The average molecular weight is 537 g/mol. The van der Waals surface area contributed by atoms with Gasteiger partial charge in [0, 0.05) is 10.4 Å². The Morgan fingerprint density at radius 3 is 2.23 bits per heavy atom. The third kappa shape index (κ3) is 5.38. The molecule has 0 aromatic heterocycles. The fraction of sp³-hybridized carbons (Fsp3) is 0.222. The number of carboxylic acids is 1. The average Bonchev–Trinajstić information content (AvgIpc) is 3.16. The van der Waals surface area contributed by atoms with Crippen LogP contribution in [0.3, 0.4) is 0 Å². The van der Waals surface area contributed by atoms with Crippen molar-refractivity contribution in [3.8, 4) is 11.1 Å². The number of carbonyl (C=O) groups is 3. The molecule has 0 heterocycles. The minimum absolute atomic E-state index is 0.0436. The number of aromatic carboxylic acids is 1. The number of carbonyl (C=O) groups excluding carboxylic acids is 2. The second-order valence-corrected chi connectivity index (χ2v) is 9.21. The first kappa shape index (κ1) is 24.5. The fourth-order valence-electron chi connectivity index (χ4n) is 4.37. The number of ether oxygens (including phenoxy) is 1. The number of alkyl carbamates (subject to hydrolysis) is 1. The molecule has 35 heavy (non-hydrogen) atoms. The summed E-state index contributed by atoms with van der Waals surface area (Å²) in [6, 6.07) is 19.7. The van der Waals surface area contributed by atoms with Crippen molar-refractivity contribution < 1.29 is 24.2 Å². The second kappa shape index (κ2) is 10.7. The minimum atomic E-state index is -1.16. The molecule has 0 aliphatic heterocycles. The lowest BCUT2D eigenvalue weighted by atomic mass is 9.98. The number of carboxylic acid groups (broad SMARTS) is 1. The number of hydrogen-bond donors (Lipinski definition) is 3. The number of hydrogen-bond acceptors (Lipinski definition) is 4. The van der Waals surface area contributed by atoms with Gasteiger partial charge in [-0.15, -0.1) is 0 Å². The van der Waals surface area contributed by atoms with E-state index < -0.39 is 24.0 Å². The van der Waals surface area contributed by atoms with Gasteiger partial charge < -0.3 is 20.5 Å². The lowest BCUT2D eigenvalue weighted by Crippen LogP contribution is -2.44. The van der Waals surface area contributed by atoms with Crippen LogP contribution < -0.4 is 10.6 Å². The van der Waals surface area contributed by atoms with Gasteiger partial charge in [-0.3, -0.25) is 4.79 Å². The first-order valence-electron chi connectivity index (χ1n) is 11.3. The van der Waals surface area contributed by atoms with Crippen LogP contribution in [0.4, 0.5) is 10.5 Å². The monoisotopic (exact) mass is 536 g/mol. The molecule has 3 aromatic rings. The van der Waals surface area contributed by atoms with Crippen molar-refractivity contribution in [3.05, 3.63) is 87.9 Å². The maximum Gasteiger partial charge on any atom is 0.407 e. The molecular formula is C27H25BrN2O5. The van der Waals surface area contributed by atoms with E-state index in [1.165, 1.54) is 12.1 Å². The third-order valence-electron chi connectivity index (χ3n) is 6.00. The summed E-state index contributed by atoms with van der Waals surface area (Å²) in [7, 11) is 0. The van der Waals surface area contributed by atoms with Crippen LogP contribution in [0.2, 0.25) is 0 Å². The predicted octanol–water partition coefficient (Wildman–Crippen LogP) is 5.79. The largest absolute Gasteiger partial charge is 0.478 e. The van der Waals surface area contributed by atoms with Crippen LogP contribution >= 0.6 is 15.9 Å². The van der Waals surface area contributed by atoms with Crippen molar-refractivity contribution in [2.24, 2.45) is 0 Å². The fourth-order valence-corrected chi connectivity index (χ4v) is 4.73. The van der Waals surface area contributed by atoms with Crippen LogP contribution in [0.25, 0.3) is 11.1 Å². The number of anilines is 1. The molecule has 1 aliphatic rings. The van der Waals surface area contributed by atoms with Crippen molar-refractivity contribution in [3.63, 3.8) is 0 Å². The van der Waals surface area contributed by atoms with Crippen molar-refractivity contribution in [2.75, 3.05) is 11.9 Å². The van der Waals surface area contributed by atoms with Gasteiger partial charge in [0.2, 0.25) is 5.91 Å². The van der Waals surface area contributed by atoms with Crippen LogP contribution in [-0.2, 0) is 9.53 Å². The van der Waals surface area contributed by atoms with E-state index in [4.69, 9.17) is 4.74 Å². The number of fused-ring (bicyclic) bond motifs is 3. The Morgan fingerprint density at radius 1 is 1.00 bits per heavy atom.